The van der Waals surface area contributed by atoms with Gasteiger partial charge < -0.3 is 10.4 Å². The fraction of sp³-hybridized carbons (Fsp3) is 0.250. The summed E-state index contributed by atoms with van der Waals surface area (Å²) in [6.45, 7) is 2.14. The van der Waals surface area contributed by atoms with Gasteiger partial charge in [0.15, 0.2) is 0 Å². The number of hydrogen-bond donors (Lipinski definition) is 2. The predicted octanol–water partition coefficient (Wildman–Crippen LogP) is 5.24. The van der Waals surface area contributed by atoms with Gasteiger partial charge in [0, 0.05) is 10.5 Å². The number of rotatable bonds is 5. The van der Waals surface area contributed by atoms with Crippen LogP contribution in [0.4, 0.5) is 5.69 Å². The van der Waals surface area contributed by atoms with Gasteiger partial charge in [-0.2, -0.15) is 0 Å². The molecular formula is C16H17BrClNO. The Hall–Kier alpha value is -1.19. The van der Waals surface area contributed by atoms with E-state index in [2.05, 4.69) is 28.2 Å². The number of benzene rings is 2. The van der Waals surface area contributed by atoms with Gasteiger partial charge in [-0.1, -0.05) is 39.7 Å². The van der Waals surface area contributed by atoms with Crippen LogP contribution in [0.3, 0.4) is 0 Å². The molecule has 20 heavy (non-hydrogen) atoms. The van der Waals surface area contributed by atoms with Crippen molar-refractivity contribution in [2.24, 2.45) is 0 Å². The molecule has 0 aromatic heterocycles. The van der Waals surface area contributed by atoms with Crippen molar-refractivity contribution in [2.75, 3.05) is 5.32 Å². The van der Waals surface area contributed by atoms with Crippen molar-refractivity contribution in [2.45, 2.75) is 25.8 Å². The van der Waals surface area contributed by atoms with E-state index in [-0.39, 0.29) is 0 Å². The Morgan fingerprint density at radius 2 is 1.90 bits per heavy atom. The Kier molecular flexibility index (Phi) is 5.32. The standard InChI is InChI=1S/C16H17BrClNO/c1-11(2-3-12-4-7-14(20)8-5-12)19-16-9-6-13(17)10-15(16)18/h4-11,19-20H,2-3H2,1H3. The van der Waals surface area contributed by atoms with Crippen molar-refractivity contribution in [3.05, 3.63) is 57.5 Å². The third-order valence-corrected chi connectivity index (χ3v) is 3.94. The second-order valence-electron chi connectivity index (χ2n) is 4.87. The van der Waals surface area contributed by atoms with Crippen LogP contribution in [0.25, 0.3) is 0 Å². The summed E-state index contributed by atoms with van der Waals surface area (Å²) in [7, 11) is 0. The third kappa shape index (κ3) is 4.43. The van der Waals surface area contributed by atoms with E-state index in [1.807, 2.05) is 30.3 Å². The molecule has 0 saturated heterocycles. The van der Waals surface area contributed by atoms with Gasteiger partial charge in [-0.3, -0.25) is 0 Å². The van der Waals surface area contributed by atoms with E-state index in [0.717, 1.165) is 28.0 Å². The summed E-state index contributed by atoms with van der Waals surface area (Å²) < 4.78 is 0.977. The molecule has 4 heteroatoms. The van der Waals surface area contributed by atoms with Crippen LogP contribution >= 0.6 is 27.5 Å². The van der Waals surface area contributed by atoms with E-state index in [1.165, 1.54) is 5.56 Å². The number of hydrogen-bond acceptors (Lipinski definition) is 2. The van der Waals surface area contributed by atoms with Crippen LogP contribution in [0.15, 0.2) is 46.9 Å². The highest BCUT2D eigenvalue weighted by molar-refractivity contribution is 9.10. The Balaban J connectivity index is 1.89. The van der Waals surface area contributed by atoms with Crippen molar-refractivity contribution in [1.82, 2.24) is 0 Å². The Labute approximate surface area is 132 Å². The molecule has 0 aliphatic rings. The lowest BCUT2D eigenvalue weighted by Crippen LogP contribution is -2.16. The first kappa shape index (κ1) is 15.2. The zero-order valence-corrected chi connectivity index (χ0v) is 13.6. The zero-order chi connectivity index (χ0) is 14.5. The van der Waals surface area contributed by atoms with Crippen LogP contribution in [0.5, 0.6) is 5.75 Å². The summed E-state index contributed by atoms with van der Waals surface area (Å²) in [4.78, 5) is 0. The minimum absolute atomic E-state index is 0.307. The highest BCUT2D eigenvalue weighted by Gasteiger charge is 2.06. The molecule has 1 atom stereocenters. The summed E-state index contributed by atoms with van der Waals surface area (Å²) in [5.41, 5.74) is 2.17. The molecule has 0 amide bonds. The Morgan fingerprint density at radius 3 is 2.55 bits per heavy atom. The van der Waals surface area contributed by atoms with Crippen LogP contribution in [-0.4, -0.2) is 11.1 Å². The van der Waals surface area contributed by atoms with Gasteiger partial charge in [-0.25, -0.2) is 0 Å². The van der Waals surface area contributed by atoms with E-state index in [0.29, 0.717) is 11.8 Å². The molecule has 2 N–H and O–H groups in total. The summed E-state index contributed by atoms with van der Waals surface area (Å²) in [5.74, 6) is 0.307. The Bertz CT molecular complexity index is 571. The molecule has 0 saturated carbocycles. The summed E-state index contributed by atoms with van der Waals surface area (Å²) in [6, 6.07) is 13.5. The molecule has 2 nitrogen and oxygen atoms in total. The van der Waals surface area contributed by atoms with Crippen molar-refractivity contribution in [3.8, 4) is 5.75 Å². The van der Waals surface area contributed by atoms with Gasteiger partial charge in [-0.05, 0) is 55.7 Å². The number of halogens is 2. The van der Waals surface area contributed by atoms with Crippen LogP contribution in [0, 0.1) is 0 Å². The molecule has 0 heterocycles. The second-order valence-corrected chi connectivity index (χ2v) is 6.20. The number of phenols is 1. The number of aryl methyl sites for hydroxylation is 1. The topological polar surface area (TPSA) is 32.3 Å². The maximum atomic E-state index is 9.25. The average molecular weight is 355 g/mol. The molecule has 0 spiro atoms. The second kappa shape index (κ2) is 7.00. The number of nitrogens with one attached hydrogen (secondary N) is 1. The molecular weight excluding hydrogens is 338 g/mol. The highest BCUT2D eigenvalue weighted by atomic mass is 79.9. The lowest BCUT2D eigenvalue weighted by Gasteiger charge is -2.16. The fourth-order valence-corrected chi connectivity index (χ4v) is 2.72. The first-order valence-electron chi connectivity index (χ1n) is 6.54. The number of phenolic OH excluding ortho intramolecular Hbond substituents is 1. The SMILES string of the molecule is CC(CCc1ccc(O)cc1)Nc1ccc(Br)cc1Cl. The van der Waals surface area contributed by atoms with Gasteiger partial charge in [0.2, 0.25) is 0 Å². The van der Waals surface area contributed by atoms with Crippen LogP contribution in [0.2, 0.25) is 5.02 Å². The molecule has 0 aliphatic carbocycles. The highest BCUT2D eigenvalue weighted by Crippen LogP contribution is 2.26. The van der Waals surface area contributed by atoms with Gasteiger partial charge in [0.1, 0.15) is 5.75 Å². The van der Waals surface area contributed by atoms with Gasteiger partial charge in [-0.15, -0.1) is 0 Å². The first-order valence-corrected chi connectivity index (χ1v) is 7.71. The van der Waals surface area contributed by atoms with Crippen molar-refractivity contribution in [1.29, 1.82) is 0 Å². The fourth-order valence-electron chi connectivity index (χ4n) is 1.99. The molecule has 0 aliphatic heterocycles. The minimum atomic E-state index is 0.307. The quantitative estimate of drug-likeness (QED) is 0.769. The van der Waals surface area contributed by atoms with E-state index < -0.39 is 0 Å². The van der Waals surface area contributed by atoms with Crippen molar-refractivity contribution < 1.29 is 5.11 Å². The lowest BCUT2D eigenvalue weighted by atomic mass is 10.1. The molecule has 0 bridgehead atoms. The number of aromatic hydroxyl groups is 1. The van der Waals surface area contributed by atoms with Gasteiger partial charge >= 0.3 is 0 Å². The third-order valence-electron chi connectivity index (χ3n) is 3.14. The zero-order valence-electron chi connectivity index (χ0n) is 11.2. The minimum Gasteiger partial charge on any atom is -0.508 e. The van der Waals surface area contributed by atoms with E-state index in [1.54, 1.807) is 12.1 Å². The van der Waals surface area contributed by atoms with Gasteiger partial charge in [0.05, 0.1) is 10.7 Å². The maximum Gasteiger partial charge on any atom is 0.115 e. The summed E-state index contributed by atoms with van der Waals surface area (Å²) in [6.07, 6.45) is 1.96. The van der Waals surface area contributed by atoms with Crippen LogP contribution in [-0.2, 0) is 6.42 Å². The van der Waals surface area contributed by atoms with E-state index in [9.17, 15) is 5.11 Å². The first-order chi connectivity index (χ1) is 9.54. The monoisotopic (exact) mass is 353 g/mol. The molecule has 2 aromatic carbocycles. The number of anilines is 1. The lowest BCUT2D eigenvalue weighted by molar-refractivity contribution is 0.475. The van der Waals surface area contributed by atoms with Crippen LogP contribution < -0.4 is 5.32 Å². The van der Waals surface area contributed by atoms with Crippen molar-refractivity contribution in [3.63, 3.8) is 0 Å². The van der Waals surface area contributed by atoms with Crippen LogP contribution in [0.1, 0.15) is 18.9 Å². The average Bonchev–Trinajstić information content (AvgIpc) is 2.41. The molecule has 2 aromatic rings. The summed E-state index contributed by atoms with van der Waals surface area (Å²) >= 11 is 9.58. The largest absolute Gasteiger partial charge is 0.508 e. The van der Waals surface area contributed by atoms with E-state index >= 15 is 0 Å². The summed E-state index contributed by atoms with van der Waals surface area (Å²) in [5, 5.41) is 13.4. The Morgan fingerprint density at radius 1 is 1.20 bits per heavy atom. The van der Waals surface area contributed by atoms with Gasteiger partial charge in [0.25, 0.3) is 0 Å². The normalized spacial score (nSPS) is 12.2. The maximum absolute atomic E-state index is 9.25. The molecule has 0 radical (unpaired) electrons. The molecule has 1 unspecified atom stereocenters. The van der Waals surface area contributed by atoms with E-state index in [4.69, 9.17) is 11.6 Å². The smallest absolute Gasteiger partial charge is 0.115 e. The molecule has 2 rings (SSSR count). The molecule has 0 fully saturated rings. The van der Waals surface area contributed by atoms with Crippen molar-refractivity contribution >= 4 is 33.2 Å². The predicted molar refractivity (Wildman–Crippen MR) is 88.7 cm³/mol. The molecule has 106 valence electrons.